The summed E-state index contributed by atoms with van der Waals surface area (Å²) in [4.78, 5) is 66.7. The van der Waals surface area contributed by atoms with Crippen molar-refractivity contribution in [2.75, 3.05) is 0 Å². The Bertz CT molecular complexity index is 4400. The summed E-state index contributed by atoms with van der Waals surface area (Å²) in [6.45, 7) is 0.266. The fraction of sp³-hybridized carbons (Fsp3) is 0.0500. The number of aliphatic carboxylic acids is 5. The Morgan fingerprint density at radius 1 is 0.185 bits per heavy atom. The molecule has 0 fully saturated rings. The van der Waals surface area contributed by atoms with Gasteiger partial charge in [0.1, 0.15) is 29.8 Å². The van der Waals surface area contributed by atoms with Crippen molar-refractivity contribution in [1.29, 1.82) is 0 Å². The van der Waals surface area contributed by atoms with Gasteiger partial charge >= 0.3 is 18.1 Å². The summed E-state index contributed by atoms with van der Waals surface area (Å²) in [5.41, 5.74) is 0. The van der Waals surface area contributed by atoms with Gasteiger partial charge in [0.25, 0.3) is 5.92 Å². The first kappa shape index (κ1) is 96.3. The van der Waals surface area contributed by atoms with E-state index in [9.17, 15) is 74.7 Å². The molecule has 0 bridgehead atoms. The highest BCUT2D eigenvalue weighted by Gasteiger charge is 2.47. The summed E-state index contributed by atoms with van der Waals surface area (Å²) in [6.07, 6.45) is -10.8. The molecule has 24 heteroatoms. The van der Waals surface area contributed by atoms with Crippen LogP contribution in [0.5, 0.6) is 0 Å². The van der Waals surface area contributed by atoms with Crippen LogP contribution in [0.3, 0.4) is 0 Å². The molecular weight excluding hydrogens is 1690 g/mol. The lowest BCUT2D eigenvalue weighted by molar-refractivity contribution is -0.424. The minimum Gasteiger partial charge on any atom is -0.544 e. The molecule has 0 spiro atoms. The zero-order valence-corrected chi connectivity index (χ0v) is 69.9. The van der Waals surface area contributed by atoms with Crippen LogP contribution in [0.15, 0.2) is 528 Å². The molecular formula is C100H78F8O11S5. The van der Waals surface area contributed by atoms with E-state index in [0.29, 0.717) is 0 Å². The van der Waals surface area contributed by atoms with Gasteiger partial charge < -0.3 is 49.5 Å². The highest BCUT2D eigenvalue weighted by Crippen LogP contribution is 2.36. The molecule has 0 N–H and O–H groups in total. The predicted octanol–water partition coefficient (Wildman–Crippen LogP) is 18.1. The number of carbonyl (C=O) groups excluding carboxylic acids is 5. The quantitative estimate of drug-likeness (QED) is 0.0354. The van der Waals surface area contributed by atoms with Crippen molar-refractivity contribution in [2.45, 2.75) is 104 Å². The maximum atomic E-state index is 11.7. The van der Waals surface area contributed by atoms with Crippen molar-refractivity contribution < 1.29 is 89.4 Å². The van der Waals surface area contributed by atoms with Crippen LogP contribution < -0.4 is 25.5 Å². The molecule has 0 saturated heterocycles. The molecule has 630 valence electrons. The second-order valence-corrected chi connectivity index (χ2v) is 35.4. The van der Waals surface area contributed by atoms with Crippen LogP contribution >= 0.6 is 0 Å². The lowest BCUT2D eigenvalue weighted by atomic mass is 10.3. The molecule has 0 radical (unpaired) electrons. The largest absolute Gasteiger partial charge is 0.544 e. The number of alkyl halides is 8. The summed E-state index contributed by atoms with van der Waals surface area (Å²) in [7, 11) is -0.0731. The van der Waals surface area contributed by atoms with Gasteiger partial charge in [-0.2, -0.15) is 26.3 Å². The zero-order valence-electron chi connectivity index (χ0n) is 65.9. The van der Waals surface area contributed by atoms with Gasteiger partial charge in [0.2, 0.25) is 0 Å². The average molecular weight is 1770 g/mol. The fourth-order valence-electron chi connectivity index (χ4n) is 10.7. The van der Waals surface area contributed by atoms with Gasteiger partial charge in [0.15, 0.2) is 73.4 Å². The maximum Gasteiger partial charge on any atom is 0.402 e. The minimum absolute atomic E-state index is 0.0146. The number of carboxylic acids is 5. The molecule has 0 saturated carbocycles. The van der Waals surface area contributed by atoms with Crippen LogP contribution in [0.25, 0.3) is 0 Å². The molecule has 15 aromatic rings. The SMILES string of the molecule is CC(F)(F)C(=O)[O-].O=C([O-])C(F)(F)C(=O)[O-].O=C([O-])C(F)(F)OC(F)(F)C(=O)[O-].c1ccc([S+](c2ccccc2)c2ccccc2)cc1.c1ccc([S+](c2ccccc2)c2ccccc2)cc1.c1ccc([S+](c2ccccc2)c2ccccc2)cc1.c1ccc([S+](c2ccccc2)c2ccccc2)cc1.c1ccc([S+](c2ccccc2)c2ccccc2)cc1. The van der Waals surface area contributed by atoms with E-state index >= 15 is 0 Å². The fourth-order valence-corrected chi connectivity index (χ4v) is 21.2. The molecule has 15 rings (SSSR count). The van der Waals surface area contributed by atoms with Crippen LogP contribution in [0, 0.1) is 0 Å². The molecule has 15 aromatic carbocycles. The number of benzene rings is 15. The average Bonchev–Trinajstić information content (AvgIpc) is 0.832. The smallest absolute Gasteiger partial charge is 0.402 e. The van der Waals surface area contributed by atoms with E-state index < -0.39 is 53.9 Å². The molecule has 0 unspecified atom stereocenters. The van der Waals surface area contributed by atoms with Gasteiger partial charge in [-0.25, -0.2) is 13.5 Å². The summed E-state index contributed by atoms with van der Waals surface area (Å²) in [5, 5.41) is 46.3. The Morgan fingerprint density at radius 3 is 0.331 bits per heavy atom. The van der Waals surface area contributed by atoms with Gasteiger partial charge in [0, 0.05) is 6.92 Å². The summed E-state index contributed by atoms with van der Waals surface area (Å²) < 4.78 is 94.2. The maximum absolute atomic E-state index is 11.7. The van der Waals surface area contributed by atoms with E-state index in [1.54, 1.807) is 0 Å². The van der Waals surface area contributed by atoms with Crippen molar-refractivity contribution in [1.82, 2.24) is 0 Å². The van der Waals surface area contributed by atoms with Crippen LogP contribution in [0.4, 0.5) is 35.1 Å². The Balaban J connectivity index is 0.000000179. The van der Waals surface area contributed by atoms with Crippen LogP contribution in [0.2, 0.25) is 0 Å². The third-order valence-corrected chi connectivity index (χ3v) is 27.4. The standard InChI is InChI=1S/5C18H15S.C4H2F4O5.C3H2F2O4.C3H4F2O2/c5*1-4-10-16(11-5-1)19(17-12-6-2-7-13-17)18-14-8-3-9-15-18;5-3(6,1(9)10)13-4(7,8)2(11)12;4-3(5,1(6)7)2(8)9;1-3(4,5)2(6)7/h5*1-15H;(H,9,10)(H,11,12);(H,6,7)(H,8,9);1H3,(H,6,7)/q5*+1;;;/p-5. The topological polar surface area (TPSA) is 210 Å². The van der Waals surface area contributed by atoms with E-state index in [1.807, 2.05) is 0 Å². The minimum atomic E-state index is -5.40. The third-order valence-electron chi connectivity index (χ3n) is 16.3. The second-order valence-electron chi connectivity index (χ2n) is 25.3. The molecule has 0 heterocycles. The van der Waals surface area contributed by atoms with Crippen LogP contribution in [0.1, 0.15) is 6.92 Å². The first-order valence-electron chi connectivity index (χ1n) is 37.4. The predicted molar refractivity (Wildman–Crippen MR) is 459 cm³/mol. The number of rotatable bonds is 22. The number of ether oxygens (including phenoxy) is 1. The van der Waals surface area contributed by atoms with E-state index in [-0.39, 0.29) is 61.4 Å². The van der Waals surface area contributed by atoms with E-state index in [2.05, 4.69) is 460 Å². The summed E-state index contributed by atoms with van der Waals surface area (Å²) in [5.74, 6) is -23.4. The van der Waals surface area contributed by atoms with Gasteiger partial charge in [-0.15, -0.1) is 0 Å². The van der Waals surface area contributed by atoms with Crippen molar-refractivity contribution in [3.05, 3.63) is 455 Å². The van der Waals surface area contributed by atoms with Gasteiger partial charge in [-0.3, -0.25) is 0 Å². The Morgan fingerprint density at radius 2 is 0.274 bits per heavy atom. The Labute approximate surface area is 728 Å². The van der Waals surface area contributed by atoms with E-state index in [4.69, 9.17) is 9.90 Å². The molecule has 124 heavy (non-hydrogen) atoms. The van der Waals surface area contributed by atoms with E-state index in [0.717, 1.165) is 0 Å². The van der Waals surface area contributed by atoms with Gasteiger partial charge in [-0.05, 0) is 182 Å². The number of carbonyl (C=O) groups is 5. The normalized spacial score (nSPS) is 10.9. The van der Waals surface area contributed by atoms with E-state index in [1.165, 1.54) is 73.4 Å². The molecule has 0 aromatic heterocycles. The lowest BCUT2D eigenvalue weighted by Gasteiger charge is -2.24. The molecule has 0 amide bonds. The van der Waals surface area contributed by atoms with Crippen LogP contribution in [-0.4, -0.2) is 53.9 Å². The molecule has 0 atom stereocenters. The summed E-state index contributed by atoms with van der Waals surface area (Å²) >= 11 is 0. The lowest BCUT2D eigenvalue weighted by Crippen LogP contribution is -2.53. The molecule has 0 aliphatic rings. The molecule has 0 aliphatic carbocycles. The first-order valence-corrected chi connectivity index (χ1v) is 43.6. The van der Waals surface area contributed by atoms with Crippen molar-refractivity contribution >= 4 is 84.3 Å². The Kier molecular flexibility index (Phi) is 38.5. The first-order chi connectivity index (χ1) is 59.7. The summed E-state index contributed by atoms with van der Waals surface area (Å²) in [6, 6.07) is 161. The van der Waals surface area contributed by atoms with Crippen LogP contribution in [-0.2, 0) is 83.2 Å². The highest BCUT2D eigenvalue weighted by atomic mass is 32.2. The van der Waals surface area contributed by atoms with Crippen molar-refractivity contribution in [3.63, 3.8) is 0 Å². The Hall–Kier alpha value is -13.2. The van der Waals surface area contributed by atoms with Crippen molar-refractivity contribution in [2.24, 2.45) is 0 Å². The number of hydrogen-bond acceptors (Lipinski definition) is 11. The van der Waals surface area contributed by atoms with Gasteiger partial charge in [-0.1, -0.05) is 273 Å². The zero-order chi connectivity index (χ0) is 89.2. The number of carboxylic acid groups (broad SMARTS) is 5. The van der Waals surface area contributed by atoms with Crippen molar-refractivity contribution in [3.8, 4) is 0 Å². The molecule has 0 aliphatic heterocycles. The van der Waals surface area contributed by atoms with Gasteiger partial charge in [0.05, 0.1) is 54.5 Å². The molecule has 11 nitrogen and oxygen atoms in total. The second kappa shape index (κ2) is 49.6. The highest BCUT2D eigenvalue weighted by molar-refractivity contribution is 7.98. The number of hydrogen-bond donors (Lipinski definition) is 0. The monoisotopic (exact) mass is 1770 g/mol. The third kappa shape index (κ3) is 30.7. The number of halogens is 8.